The van der Waals surface area contributed by atoms with E-state index in [4.69, 9.17) is 5.11 Å². The predicted octanol–water partition coefficient (Wildman–Crippen LogP) is 5.15. The Morgan fingerprint density at radius 3 is 2.44 bits per heavy atom. The lowest BCUT2D eigenvalue weighted by molar-refractivity contribution is -0.137. The molecule has 1 N–H and O–H groups in total. The fourth-order valence-corrected chi connectivity index (χ4v) is 3.52. The van der Waals surface area contributed by atoms with Gasteiger partial charge in [-0.25, -0.2) is 0 Å². The van der Waals surface area contributed by atoms with Crippen LogP contribution in [-0.2, 0) is 4.79 Å². The molecular weight excluding hydrogens is 264 g/mol. The second kappa shape index (κ2) is 15.0. The maximum atomic E-state index is 10.3. The van der Waals surface area contributed by atoms with Crippen LogP contribution in [0.1, 0.15) is 58.3 Å². The van der Waals surface area contributed by atoms with E-state index in [1.165, 1.54) is 32.1 Å². The van der Waals surface area contributed by atoms with Crippen LogP contribution in [0.3, 0.4) is 0 Å². The number of hydrogen-bond acceptors (Lipinski definition) is 3. The first kappa shape index (κ1) is 17.9. The quantitative estimate of drug-likeness (QED) is 0.289. The summed E-state index contributed by atoms with van der Waals surface area (Å²) in [7, 11) is 3.64. The fourth-order valence-electron chi connectivity index (χ4n) is 1.44. The van der Waals surface area contributed by atoms with Crippen LogP contribution in [0.5, 0.6) is 0 Å². The lowest BCUT2D eigenvalue weighted by Gasteiger charge is -1.98. The lowest BCUT2D eigenvalue weighted by Crippen LogP contribution is -1.94. The number of carboxylic acid groups (broad SMARTS) is 1. The third-order valence-electron chi connectivity index (χ3n) is 2.46. The van der Waals surface area contributed by atoms with Gasteiger partial charge in [0.15, 0.2) is 0 Å². The molecule has 0 unspecified atom stereocenters. The Balaban J connectivity index is 3.06. The number of hydrogen-bond donors (Lipinski definition) is 1. The van der Waals surface area contributed by atoms with E-state index in [1.807, 2.05) is 10.8 Å². The Morgan fingerprint density at radius 2 is 1.72 bits per heavy atom. The van der Waals surface area contributed by atoms with Crippen molar-refractivity contribution in [3.63, 3.8) is 0 Å². The summed E-state index contributed by atoms with van der Waals surface area (Å²) in [6.07, 6.45) is 13.3. The van der Waals surface area contributed by atoms with Crippen LogP contribution in [0.15, 0.2) is 12.2 Å². The molecule has 0 aromatic carbocycles. The molecule has 0 aliphatic rings. The average Bonchev–Trinajstić information content (AvgIpc) is 2.34. The van der Waals surface area contributed by atoms with Crippen molar-refractivity contribution in [3.05, 3.63) is 12.2 Å². The molecule has 18 heavy (non-hydrogen) atoms. The number of aliphatic carboxylic acids is 1. The zero-order chi connectivity index (χ0) is 13.5. The molecule has 0 fully saturated rings. The normalized spacial score (nSPS) is 11.2. The van der Waals surface area contributed by atoms with Gasteiger partial charge in [-0.15, -0.1) is 0 Å². The summed E-state index contributed by atoms with van der Waals surface area (Å²) in [5.41, 5.74) is 0. The molecule has 2 nitrogen and oxygen atoms in total. The lowest BCUT2D eigenvalue weighted by atomic mass is 10.1. The van der Waals surface area contributed by atoms with Gasteiger partial charge in [-0.3, -0.25) is 4.79 Å². The first-order chi connectivity index (χ1) is 8.77. The molecule has 0 radical (unpaired) electrons. The standard InChI is InChI=1S/C14H26O2S2/c1-2-3-4-5-6-7-8-9-12-17-18-13-10-11-14(15)16/h7-8H,2-6,9-13H2,1H3,(H,15,16)/b8-7-. The van der Waals surface area contributed by atoms with Gasteiger partial charge < -0.3 is 5.11 Å². The predicted molar refractivity (Wildman–Crippen MR) is 84.3 cm³/mol. The molecule has 0 saturated carbocycles. The summed E-state index contributed by atoms with van der Waals surface area (Å²) in [6, 6.07) is 0. The monoisotopic (exact) mass is 290 g/mol. The molecule has 0 amide bonds. The molecule has 0 atom stereocenters. The van der Waals surface area contributed by atoms with Gasteiger partial charge in [-0.1, -0.05) is 59.9 Å². The highest BCUT2D eigenvalue weighted by atomic mass is 33.1. The zero-order valence-electron chi connectivity index (χ0n) is 11.4. The number of carbonyl (C=O) groups is 1. The van der Waals surface area contributed by atoms with E-state index in [2.05, 4.69) is 19.1 Å². The average molecular weight is 290 g/mol. The highest BCUT2D eigenvalue weighted by molar-refractivity contribution is 8.76. The van der Waals surface area contributed by atoms with Gasteiger partial charge in [-0.05, 0) is 25.7 Å². The molecule has 0 rings (SSSR count). The number of unbranched alkanes of at least 4 members (excludes halogenated alkanes) is 4. The summed E-state index contributed by atoms with van der Waals surface area (Å²) >= 11 is 0. The van der Waals surface area contributed by atoms with Gasteiger partial charge in [0.2, 0.25) is 0 Å². The number of carboxylic acids is 1. The van der Waals surface area contributed by atoms with E-state index in [0.717, 1.165) is 24.3 Å². The summed E-state index contributed by atoms with van der Waals surface area (Å²) in [5.74, 6) is 1.38. The summed E-state index contributed by atoms with van der Waals surface area (Å²) in [5, 5.41) is 8.47. The topological polar surface area (TPSA) is 37.3 Å². The Bertz CT molecular complexity index is 218. The minimum Gasteiger partial charge on any atom is -0.481 e. The molecule has 0 spiro atoms. The Kier molecular flexibility index (Phi) is 14.9. The van der Waals surface area contributed by atoms with Crippen molar-refractivity contribution in [2.24, 2.45) is 0 Å². The Labute approximate surface area is 119 Å². The van der Waals surface area contributed by atoms with Crippen molar-refractivity contribution in [1.29, 1.82) is 0 Å². The van der Waals surface area contributed by atoms with Crippen LogP contribution < -0.4 is 0 Å². The molecule has 0 aliphatic heterocycles. The molecule has 0 aromatic heterocycles. The smallest absolute Gasteiger partial charge is 0.303 e. The Morgan fingerprint density at radius 1 is 1.00 bits per heavy atom. The van der Waals surface area contributed by atoms with Crippen molar-refractivity contribution >= 4 is 27.6 Å². The largest absolute Gasteiger partial charge is 0.481 e. The van der Waals surface area contributed by atoms with Crippen molar-refractivity contribution < 1.29 is 9.90 Å². The molecule has 106 valence electrons. The van der Waals surface area contributed by atoms with Gasteiger partial charge in [0, 0.05) is 17.9 Å². The second-order valence-corrected chi connectivity index (χ2v) is 6.95. The molecule has 0 heterocycles. The maximum Gasteiger partial charge on any atom is 0.303 e. The van der Waals surface area contributed by atoms with E-state index in [1.54, 1.807) is 10.8 Å². The molecule has 0 aliphatic carbocycles. The van der Waals surface area contributed by atoms with Crippen molar-refractivity contribution in [3.8, 4) is 0 Å². The SMILES string of the molecule is CCCCCC/C=C\CCSSCCCC(=O)O. The zero-order valence-corrected chi connectivity index (χ0v) is 13.0. The third-order valence-corrected chi connectivity index (χ3v) is 4.98. The first-order valence-corrected chi connectivity index (χ1v) is 9.37. The fraction of sp³-hybridized carbons (Fsp3) is 0.786. The molecule has 4 heteroatoms. The van der Waals surface area contributed by atoms with Gasteiger partial charge in [-0.2, -0.15) is 0 Å². The summed E-state index contributed by atoms with van der Waals surface area (Å²) in [6.45, 7) is 2.24. The van der Waals surface area contributed by atoms with Crippen LogP contribution >= 0.6 is 21.6 Å². The summed E-state index contributed by atoms with van der Waals surface area (Å²) < 4.78 is 0. The number of allylic oxidation sites excluding steroid dienone is 2. The van der Waals surface area contributed by atoms with Crippen molar-refractivity contribution in [2.75, 3.05) is 11.5 Å². The molecule has 0 aromatic rings. The van der Waals surface area contributed by atoms with E-state index in [9.17, 15) is 4.79 Å². The molecule has 0 saturated heterocycles. The third kappa shape index (κ3) is 15.9. The van der Waals surface area contributed by atoms with E-state index >= 15 is 0 Å². The van der Waals surface area contributed by atoms with Gasteiger partial charge in [0.1, 0.15) is 0 Å². The van der Waals surface area contributed by atoms with Crippen LogP contribution in [0.25, 0.3) is 0 Å². The van der Waals surface area contributed by atoms with E-state index in [0.29, 0.717) is 6.42 Å². The minimum absolute atomic E-state index is 0.297. The summed E-state index contributed by atoms with van der Waals surface area (Å²) in [4.78, 5) is 10.3. The van der Waals surface area contributed by atoms with E-state index in [-0.39, 0.29) is 0 Å². The van der Waals surface area contributed by atoms with Crippen molar-refractivity contribution in [2.45, 2.75) is 58.3 Å². The highest BCUT2D eigenvalue weighted by Gasteiger charge is 1.96. The molecule has 0 bridgehead atoms. The first-order valence-electron chi connectivity index (χ1n) is 6.88. The number of rotatable bonds is 13. The minimum atomic E-state index is -0.688. The van der Waals surface area contributed by atoms with Gasteiger partial charge in [0.25, 0.3) is 0 Å². The van der Waals surface area contributed by atoms with Crippen LogP contribution in [0.2, 0.25) is 0 Å². The van der Waals surface area contributed by atoms with Crippen LogP contribution in [0.4, 0.5) is 0 Å². The Hall–Kier alpha value is -0.0900. The van der Waals surface area contributed by atoms with Crippen LogP contribution in [-0.4, -0.2) is 22.6 Å². The van der Waals surface area contributed by atoms with Gasteiger partial charge in [0.05, 0.1) is 0 Å². The van der Waals surface area contributed by atoms with Crippen LogP contribution in [0, 0.1) is 0 Å². The van der Waals surface area contributed by atoms with E-state index < -0.39 is 5.97 Å². The second-order valence-electron chi connectivity index (χ2n) is 4.25. The molecular formula is C14H26O2S2. The van der Waals surface area contributed by atoms with Crippen molar-refractivity contribution in [1.82, 2.24) is 0 Å². The van der Waals surface area contributed by atoms with Gasteiger partial charge >= 0.3 is 5.97 Å². The maximum absolute atomic E-state index is 10.3. The highest BCUT2D eigenvalue weighted by Crippen LogP contribution is 2.23.